The maximum atomic E-state index is 10.1. The van der Waals surface area contributed by atoms with Gasteiger partial charge in [0.25, 0.3) is 0 Å². The highest BCUT2D eigenvalue weighted by atomic mass is 79.9. The fraction of sp³-hybridized carbons (Fsp3) is 0.455. The molecule has 0 bridgehead atoms. The zero-order valence-corrected chi connectivity index (χ0v) is 10.6. The van der Waals surface area contributed by atoms with Crippen LogP contribution in [0.5, 0.6) is 11.5 Å². The molecule has 1 saturated heterocycles. The van der Waals surface area contributed by atoms with Crippen molar-refractivity contribution in [2.24, 2.45) is 0 Å². The Bertz CT molecular complexity index is 378. The first-order valence-corrected chi connectivity index (χ1v) is 5.91. The van der Waals surface area contributed by atoms with E-state index in [1.807, 2.05) is 12.1 Å². The van der Waals surface area contributed by atoms with Gasteiger partial charge in [0, 0.05) is 18.7 Å². The van der Waals surface area contributed by atoms with Crippen molar-refractivity contribution in [3.05, 3.63) is 22.2 Å². The zero-order valence-electron chi connectivity index (χ0n) is 9.00. The molecule has 16 heavy (non-hydrogen) atoms. The Morgan fingerprint density at radius 3 is 3.00 bits per heavy atom. The van der Waals surface area contributed by atoms with E-state index in [9.17, 15) is 5.11 Å². The van der Waals surface area contributed by atoms with Crippen LogP contribution in [0.25, 0.3) is 0 Å². The molecule has 0 spiro atoms. The van der Waals surface area contributed by atoms with Crippen molar-refractivity contribution in [1.82, 2.24) is 5.32 Å². The molecule has 5 heteroatoms. The van der Waals surface area contributed by atoms with Crippen LogP contribution >= 0.6 is 15.9 Å². The second kappa shape index (κ2) is 5.03. The van der Waals surface area contributed by atoms with Crippen molar-refractivity contribution in [1.29, 1.82) is 0 Å². The van der Waals surface area contributed by atoms with E-state index in [1.165, 1.54) is 7.11 Å². The highest BCUT2D eigenvalue weighted by Crippen LogP contribution is 2.40. The number of methoxy groups -OCH3 is 1. The Morgan fingerprint density at radius 1 is 1.56 bits per heavy atom. The van der Waals surface area contributed by atoms with Crippen molar-refractivity contribution < 1.29 is 14.6 Å². The molecule has 1 heterocycles. The smallest absolute Gasteiger partial charge is 0.175 e. The van der Waals surface area contributed by atoms with E-state index >= 15 is 0 Å². The summed E-state index contributed by atoms with van der Waals surface area (Å²) in [7, 11) is 1.53. The first-order chi connectivity index (χ1) is 7.74. The number of morpholine rings is 1. The van der Waals surface area contributed by atoms with Crippen LogP contribution in [0, 0.1) is 0 Å². The molecule has 2 rings (SSSR count). The summed E-state index contributed by atoms with van der Waals surface area (Å²) in [5, 5.41) is 13.3. The quantitative estimate of drug-likeness (QED) is 0.871. The second-order valence-electron chi connectivity index (χ2n) is 3.58. The number of hydrogen-bond acceptors (Lipinski definition) is 4. The SMILES string of the molecule is COc1c(Br)ccc(C2CNCCO2)c1O. The molecular formula is C11H14BrNO3. The molecule has 1 fully saturated rings. The largest absolute Gasteiger partial charge is 0.504 e. The molecule has 1 aromatic carbocycles. The number of ether oxygens (including phenoxy) is 2. The first-order valence-electron chi connectivity index (χ1n) is 5.11. The third-order valence-electron chi connectivity index (χ3n) is 2.59. The number of nitrogens with one attached hydrogen (secondary N) is 1. The topological polar surface area (TPSA) is 50.7 Å². The number of hydrogen-bond donors (Lipinski definition) is 2. The van der Waals surface area contributed by atoms with E-state index in [1.54, 1.807) is 0 Å². The summed E-state index contributed by atoms with van der Waals surface area (Å²) in [5.74, 6) is 0.595. The number of benzene rings is 1. The van der Waals surface area contributed by atoms with Gasteiger partial charge in [-0.2, -0.15) is 0 Å². The average molecular weight is 288 g/mol. The van der Waals surface area contributed by atoms with Gasteiger partial charge in [-0.05, 0) is 22.0 Å². The molecule has 88 valence electrons. The Balaban J connectivity index is 2.33. The van der Waals surface area contributed by atoms with Crippen LogP contribution < -0.4 is 10.1 Å². The van der Waals surface area contributed by atoms with E-state index in [-0.39, 0.29) is 11.9 Å². The van der Waals surface area contributed by atoms with Crippen molar-refractivity contribution >= 4 is 15.9 Å². The fourth-order valence-electron chi connectivity index (χ4n) is 1.78. The summed E-state index contributed by atoms with van der Waals surface area (Å²) in [6.07, 6.45) is -0.115. The average Bonchev–Trinajstić information content (AvgIpc) is 2.31. The van der Waals surface area contributed by atoms with Crippen LogP contribution in [0.1, 0.15) is 11.7 Å². The van der Waals surface area contributed by atoms with Gasteiger partial charge in [0.2, 0.25) is 0 Å². The van der Waals surface area contributed by atoms with Crippen molar-refractivity contribution in [3.8, 4) is 11.5 Å². The van der Waals surface area contributed by atoms with Crippen LogP contribution in [-0.2, 0) is 4.74 Å². The number of rotatable bonds is 2. The molecule has 0 radical (unpaired) electrons. The maximum absolute atomic E-state index is 10.1. The van der Waals surface area contributed by atoms with Crippen molar-refractivity contribution in [3.63, 3.8) is 0 Å². The van der Waals surface area contributed by atoms with Crippen LogP contribution in [-0.4, -0.2) is 31.9 Å². The van der Waals surface area contributed by atoms with Gasteiger partial charge in [0.1, 0.15) is 0 Å². The standard InChI is InChI=1S/C11H14BrNO3/c1-15-11-8(12)3-2-7(10(11)14)9-6-13-4-5-16-9/h2-3,9,13-14H,4-6H2,1H3. The van der Waals surface area contributed by atoms with E-state index in [4.69, 9.17) is 9.47 Å². The minimum absolute atomic E-state index is 0.115. The predicted molar refractivity (Wildman–Crippen MR) is 63.9 cm³/mol. The van der Waals surface area contributed by atoms with Gasteiger partial charge in [0.05, 0.1) is 24.3 Å². The second-order valence-corrected chi connectivity index (χ2v) is 4.44. The van der Waals surface area contributed by atoms with E-state index in [2.05, 4.69) is 21.2 Å². The Labute approximate surface area is 103 Å². The molecule has 1 aliphatic heterocycles. The van der Waals surface area contributed by atoms with Crippen molar-refractivity contribution in [2.45, 2.75) is 6.10 Å². The van der Waals surface area contributed by atoms with Gasteiger partial charge in [0.15, 0.2) is 11.5 Å². The predicted octanol–water partition coefficient (Wildman–Crippen LogP) is 1.82. The fourth-order valence-corrected chi connectivity index (χ4v) is 2.26. The van der Waals surface area contributed by atoms with Crippen LogP contribution in [0.15, 0.2) is 16.6 Å². The molecule has 1 aliphatic rings. The molecular weight excluding hydrogens is 274 g/mol. The van der Waals surface area contributed by atoms with Gasteiger partial charge in [-0.25, -0.2) is 0 Å². The number of aromatic hydroxyl groups is 1. The molecule has 0 aliphatic carbocycles. The molecule has 0 amide bonds. The third kappa shape index (κ3) is 2.16. The van der Waals surface area contributed by atoms with Gasteiger partial charge < -0.3 is 19.9 Å². The summed E-state index contributed by atoms with van der Waals surface area (Å²) in [5.41, 5.74) is 0.757. The Hall–Kier alpha value is -0.780. The van der Waals surface area contributed by atoms with Gasteiger partial charge >= 0.3 is 0 Å². The van der Waals surface area contributed by atoms with Crippen LogP contribution in [0.2, 0.25) is 0 Å². The molecule has 1 aromatic rings. The van der Waals surface area contributed by atoms with E-state index < -0.39 is 0 Å². The molecule has 4 nitrogen and oxygen atoms in total. The highest BCUT2D eigenvalue weighted by Gasteiger charge is 2.22. The molecule has 1 atom stereocenters. The first kappa shape index (κ1) is 11.7. The van der Waals surface area contributed by atoms with Gasteiger partial charge in [-0.3, -0.25) is 0 Å². The number of halogens is 1. The van der Waals surface area contributed by atoms with Crippen molar-refractivity contribution in [2.75, 3.05) is 26.8 Å². The maximum Gasteiger partial charge on any atom is 0.175 e. The number of phenols is 1. The van der Waals surface area contributed by atoms with Crippen LogP contribution in [0.4, 0.5) is 0 Å². The van der Waals surface area contributed by atoms with Crippen LogP contribution in [0.3, 0.4) is 0 Å². The highest BCUT2D eigenvalue weighted by molar-refractivity contribution is 9.10. The summed E-state index contributed by atoms with van der Waals surface area (Å²) in [6.45, 7) is 2.21. The molecule has 2 N–H and O–H groups in total. The number of phenolic OH excluding ortho intramolecular Hbond substituents is 1. The Kier molecular flexibility index (Phi) is 3.68. The minimum Gasteiger partial charge on any atom is -0.504 e. The minimum atomic E-state index is -0.115. The lowest BCUT2D eigenvalue weighted by molar-refractivity contribution is 0.0261. The third-order valence-corrected chi connectivity index (χ3v) is 3.22. The molecule has 0 aromatic heterocycles. The monoisotopic (exact) mass is 287 g/mol. The lowest BCUT2D eigenvalue weighted by atomic mass is 10.1. The van der Waals surface area contributed by atoms with E-state index in [0.29, 0.717) is 18.9 Å². The normalized spacial score (nSPS) is 20.8. The zero-order chi connectivity index (χ0) is 11.5. The summed E-state index contributed by atoms with van der Waals surface area (Å²) < 4.78 is 11.5. The lowest BCUT2D eigenvalue weighted by Crippen LogP contribution is -2.33. The lowest BCUT2D eigenvalue weighted by Gasteiger charge is -2.25. The summed E-state index contributed by atoms with van der Waals surface area (Å²) in [6, 6.07) is 3.70. The van der Waals surface area contributed by atoms with E-state index in [0.717, 1.165) is 16.6 Å². The van der Waals surface area contributed by atoms with Gasteiger partial charge in [-0.1, -0.05) is 6.07 Å². The van der Waals surface area contributed by atoms with Gasteiger partial charge in [-0.15, -0.1) is 0 Å². The summed E-state index contributed by atoms with van der Waals surface area (Å²) >= 11 is 3.32. The molecule has 1 unspecified atom stereocenters. The Morgan fingerprint density at radius 2 is 2.38 bits per heavy atom. The summed E-state index contributed by atoms with van der Waals surface area (Å²) in [4.78, 5) is 0. The molecule has 0 saturated carbocycles.